The van der Waals surface area contributed by atoms with Crippen LogP contribution in [-0.4, -0.2) is 27.5 Å². The summed E-state index contributed by atoms with van der Waals surface area (Å²) in [6, 6.07) is 5.14. The molecular formula is C15H18ClN3OS. The summed E-state index contributed by atoms with van der Waals surface area (Å²) in [5, 5.41) is 5.24. The normalized spacial score (nSPS) is 19.0. The first kappa shape index (κ1) is 14.9. The fourth-order valence-corrected chi connectivity index (χ4v) is 4.00. The highest BCUT2D eigenvalue weighted by atomic mass is 35.5. The number of fused-ring (bicyclic) bond motifs is 1. The Morgan fingerprint density at radius 3 is 3.14 bits per heavy atom. The van der Waals surface area contributed by atoms with Gasteiger partial charge in [0, 0.05) is 16.8 Å². The number of halogens is 1. The summed E-state index contributed by atoms with van der Waals surface area (Å²) in [5.41, 5.74) is 0.538. The monoisotopic (exact) mass is 323 g/mol. The van der Waals surface area contributed by atoms with E-state index >= 15 is 0 Å². The highest BCUT2D eigenvalue weighted by Crippen LogP contribution is 2.24. The summed E-state index contributed by atoms with van der Waals surface area (Å²) in [6.45, 7) is 1.54. The van der Waals surface area contributed by atoms with E-state index in [1.165, 1.54) is 25.0 Å². The molecule has 21 heavy (non-hydrogen) atoms. The van der Waals surface area contributed by atoms with Crippen molar-refractivity contribution < 1.29 is 0 Å². The second-order valence-corrected chi connectivity index (χ2v) is 7.14. The molecule has 1 aromatic heterocycles. The van der Waals surface area contributed by atoms with E-state index < -0.39 is 0 Å². The first-order valence-electron chi connectivity index (χ1n) is 7.23. The molecule has 1 atom stereocenters. The van der Waals surface area contributed by atoms with Gasteiger partial charge in [-0.05, 0) is 36.8 Å². The van der Waals surface area contributed by atoms with Crippen molar-refractivity contribution in [3.05, 3.63) is 39.4 Å². The van der Waals surface area contributed by atoms with Crippen LogP contribution in [-0.2, 0) is 6.54 Å². The van der Waals surface area contributed by atoms with Gasteiger partial charge < -0.3 is 10.3 Å². The zero-order valence-electron chi connectivity index (χ0n) is 11.7. The van der Waals surface area contributed by atoms with Gasteiger partial charge in [0.2, 0.25) is 0 Å². The topological polar surface area (TPSA) is 57.8 Å². The maximum absolute atomic E-state index is 12.0. The van der Waals surface area contributed by atoms with Crippen molar-refractivity contribution in [2.24, 2.45) is 0 Å². The summed E-state index contributed by atoms with van der Waals surface area (Å²) >= 11 is 7.99. The largest absolute Gasteiger partial charge is 0.309 e. The van der Waals surface area contributed by atoms with Crippen LogP contribution in [0.5, 0.6) is 0 Å². The maximum Gasteiger partial charge on any atom is 0.258 e. The third-order valence-corrected chi connectivity index (χ3v) is 5.29. The van der Waals surface area contributed by atoms with Crippen molar-refractivity contribution in [1.29, 1.82) is 0 Å². The summed E-state index contributed by atoms with van der Waals surface area (Å²) < 4.78 is 0. The van der Waals surface area contributed by atoms with E-state index in [-0.39, 0.29) is 5.56 Å². The zero-order valence-corrected chi connectivity index (χ0v) is 13.3. The fraction of sp³-hybridized carbons (Fsp3) is 0.467. The van der Waals surface area contributed by atoms with Crippen molar-refractivity contribution in [2.45, 2.75) is 31.1 Å². The fourth-order valence-electron chi connectivity index (χ4n) is 2.56. The van der Waals surface area contributed by atoms with Gasteiger partial charge in [-0.3, -0.25) is 4.79 Å². The molecule has 0 aliphatic carbocycles. The minimum atomic E-state index is -0.111. The quantitative estimate of drug-likeness (QED) is 0.908. The summed E-state index contributed by atoms with van der Waals surface area (Å²) in [4.78, 5) is 19.3. The van der Waals surface area contributed by atoms with Crippen LogP contribution in [0, 0.1) is 0 Å². The molecule has 6 heteroatoms. The van der Waals surface area contributed by atoms with E-state index in [9.17, 15) is 4.79 Å². The number of aromatic amines is 1. The smallest absolute Gasteiger partial charge is 0.258 e. The second kappa shape index (κ2) is 6.81. The number of H-pyrrole nitrogens is 1. The maximum atomic E-state index is 12.0. The van der Waals surface area contributed by atoms with Crippen molar-refractivity contribution in [3.8, 4) is 0 Å². The SMILES string of the molecule is O=c1[nH]c(CNCC2CCCCS2)nc2cc(Cl)ccc12. The molecule has 112 valence electrons. The summed E-state index contributed by atoms with van der Waals surface area (Å²) in [5.74, 6) is 1.92. The Balaban J connectivity index is 1.67. The van der Waals surface area contributed by atoms with Gasteiger partial charge in [-0.25, -0.2) is 4.98 Å². The van der Waals surface area contributed by atoms with Crippen LogP contribution < -0.4 is 10.9 Å². The summed E-state index contributed by atoms with van der Waals surface area (Å²) in [7, 11) is 0. The third-order valence-electron chi connectivity index (χ3n) is 3.66. The molecule has 1 aliphatic rings. The number of nitrogens with zero attached hydrogens (tertiary/aromatic N) is 1. The first-order valence-corrected chi connectivity index (χ1v) is 8.66. The Hall–Kier alpha value is -1.04. The Morgan fingerprint density at radius 1 is 1.43 bits per heavy atom. The van der Waals surface area contributed by atoms with Gasteiger partial charge in [0.05, 0.1) is 17.4 Å². The average molecular weight is 324 g/mol. The van der Waals surface area contributed by atoms with Gasteiger partial charge in [-0.15, -0.1) is 0 Å². The lowest BCUT2D eigenvalue weighted by atomic mass is 10.2. The molecule has 1 aromatic carbocycles. The van der Waals surface area contributed by atoms with E-state index in [0.29, 0.717) is 33.5 Å². The molecule has 1 fully saturated rings. The van der Waals surface area contributed by atoms with Gasteiger partial charge in [-0.1, -0.05) is 18.0 Å². The van der Waals surface area contributed by atoms with E-state index in [2.05, 4.69) is 15.3 Å². The van der Waals surface area contributed by atoms with E-state index in [1.807, 2.05) is 11.8 Å². The molecule has 2 aromatic rings. The second-order valence-electron chi connectivity index (χ2n) is 5.29. The molecule has 0 amide bonds. The number of nitrogens with one attached hydrogen (secondary N) is 2. The molecule has 1 saturated heterocycles. The number of hydrogen-bond donors (Lipinski definition) is 2. The van der Waals surface area contributed by atoms with Crippen molar-refractivity contribution >= 4 is 34.3 Å². The van der Waals surface area contributed by atoms with Crippen LogP contribution in [0.25, 0.3) is 10.9 Å². The van der Waals surface area contributed by atoms with Crippen LogP contribution in [0.1, 0.15) is 25.1 Å². The van der Waals surface area contributed by atoms with Crippen molar-refractivity contribution in [3.63, 3.8) is 0 Å². The average Bonchev–Trinajstić information content (AvgIpc) is 2.48. The molecule has 0 saturated carbocycles. The molecule has 0 spiro atoms. The number of rotatable bonds is 4. The van der Waals surface area contributed by atoms with Crippen LogP contribution in [0.3, 0.4) is 0 Å². The van der Waals surface area contributed by atoms with E-state index in [4.69, 9.17) is 11.6 Å². The zero-order chi connectivity index (χ0) is 14.7. The standard InChI is InChI=1S/C15H18ClN3OS/c16-10-4-5-12-13(7-10)18-14(19-15(12)20)9-17-8-11-3-1-2-6-21-11/h4-5,7,11,17H,1-3,6,8-9H2,(H,18,19,20). The third kappa shape index (κ3) is 3.78. The van der Waals surface area contributed by atoms with Gasteiger partial charge in [0.15, 0.2) is 0 Å². The van der Waals surface area contributed by atoms with Gasteiger partial charge in [0.1, 0.15) is 5.82 Å². The van der Waals surface area contributed by atoms with Gasteiger partial charge in [0.25, 0.3) is 5.56 Å². The Labute approximate surface area is 132 Å². The number of aromatic nitrogens is 2. The highest BCUT2D eigenvalue weighted by Gasteiger charge is 2.13. The van der Waals surface area contributed by atoms with Gasteiger partial charge in [-0.2, -0.15) is 11.8 Å². The van der Waals surface area contributed by atoms with Crippen molar-refractivity contribution in [2.75, 3.05) is 12.3 Å². The molecule has 4 nitrogen and oxygen atoms in total. The Bertz CT molecular complexity index is 682. The van der Waals surface area contributed by atoms with Crippen LogP contribution in [0.2, 0.25) is 5.02 Å². The minimum absolute atomic E-state index is 0.111. The Kier molecular flexibility index (Phi) is 4.83. The number of thioether (sulfide) groups is 1. The van der Waals surface area contributed by atoms with E-state index in [0.717, 1.165) is 6.54 Å². The molecule has 0 bridgehead atoms. The molecule has 1 unspecified atom stereocenters. The molecule has 0 radical (unpaired) electrons. The molecule has 2 heterocycles. The van der Waals surface area contributed by atoms with Crippen LogP contribution in [0.4, 0.5) is 0 Å². The lowest BCUT2D eigenvalue weighted by Gasteiger charge is -2.21. The predicted octanol–water partition coefficient (Wildman–Crippen LogP) is 2.95. The highest BCUT2D eigenvalue weighted by molar-refractivity contribution is 7.99. The molecular weight excluding hydrogens is 306 g/mol. The van der Waals surface area contributed by atoms with Gasteiger partial charge >= 0.3 is 0 Å². The molecule has 3 rings (SSSR count). The molecule has 2 N–H and O–H groups in total. The summed E-state index contributed by atoms with van der Waals surface area (Å²) in [6.07, 6.45) is 3.93. The van der Waals surface area contributed by atoms with Crippen LogP contribution >= 0.6 is 23.4 Å². The first-order chi connectivity index (χ1) is 10.2. The van der Waals surface area contributed by atoms with Crippen LogP contribution in [0.15, 0.2) is 23.0 Å². The van der Waals surface area contributed by atoms with E-state index in [1.54, 1.807) is 18.2 Å². The lowest BCUT2D eigenvalue weighted by molar-refractivity contribution is 0.588. The molecule has 1 aliphatic heterocycles. The minimum Gasteiger partial charge on any atom is -0.309 e. The number of hydrogen-bond acceptors (Lipinski definition) is 4. The predicted molar refractivity (Wildman–Crippen MR) is 89.2 cm³/mol. The van der Waals surface area contributed by atoms with Crippen molar-refractivity contribution in [1.82, 2.24) is 15.3 Å². The Morgan fingerprint density at radius 2 is 2.33 bits per heavy atom. The lowest BCUT2D eigenvalue weighted by Crippen LogP contribution is -2.28. The number of benzene rings is 1.